The predicted octanol–water partition coefficient (Wildman–Crippen LogP) is 2.82. The van der Waals surface area contributed by atoms with Crippen molar-refractivity contribution in [1.82, 2.24) is 65.8 Å². The third-order valence-electron chi connectivity index (χ3n) is 20.2. The number of likely N-dealkylation sites (N-methyl/N-ethyl adjacent to an activating group) is 6. The van der Waals surface area contributed by atoms with Gasteiger partial charge in [0, 0.05) is 101 Å². The van der Waals surface area contributed by atoms with E-state index in [-0.39, 0.29) is 69.0 Å². The second-order valence-corrected chi connectivity index (χ2v) is 30.7. The van der Waals surface area contributed by atoms with E-state index in [2.05, 4.69) is 31.5 Å². The summed E-state index contributed by atoms with van der Waals surface area (Å²) in [6, 6.07) is -14.4. The number of piperazine rings is 1. The number of carbonyl (C=O) groups is 13. The fourth-order valence-electron chi connectivity index (χ4n) is 13.6. The Bertz CT molecular complexity index is 2910. The van der Waals surface area contributed by atoms with Crippen molar-refractivity contribution in [2.75, 3.05) is 94.9 Å². The Hall–Kier alpha value is -7.27. The van der Waals surface area contributed by atoms with Gasteiger partial charge in [-0.2, -0.15) is 0 Å². The predicted molar refractivity (Wildman–Crippen MR) is 390 cm³/mol. The van der Waals surface area contributed by atoms with Gasteiger partial charge >= 0.3 is 5.97 Å². The molecule has 0 unspecified atom stereocenters. The third-order valence-corrected chi connectivity index (χ3v) is 20.2. The molecule has 14 atom stereocenters. The van der Waals surface area contributed by atoms with Gasteiger partial charge in [-0.15, -0.1) is 0 Å². The van der Waals surface area contributed by atoms with Gasteiger partial charge in [0.25, 0.3) is 0 Å². The van der Waals surface area contributed by atoms with Crippen LogP contribution in [0.5, 0.6) is 0 Å². The molecule has 29 nitrogen and oxygen atoms in total. The zero-order chi connectivity index (χ0) is 78.3. The highest BCUT2D eigenvalue weighted by atomic mass is 16.5. The highest BCUT2D eigenvalue weighted by molar-refractivity contribution is 6.00. The topological polar surface area (TPSA) is 336 Å². The zero-order valence-corrected chi connectivity index (χ0v) is 66.4. The average Bonchev–Trinajstić information content (AvgIpc) is 0.800. The maximum Gasteiger partial charge on any atom is 0.303 e. The number of nitrogens with one attached hydrogen (secondary N) is 5. The summed E-state index contributed by atoms with van der Waals surface area (Å²) in [7, 11) is 8.38. The van der Waals surface area contributed by atoms with E-state index < -0.39 is 167 Å². The maximum atomic E-state index is 15.6. The van der Waals surface area contributed by atoms with Crippen LogP contribution in [0.25, 0.3) is 0 Å². The molecule has 3 saturated heterocycles. The van der Waals surface area contributed by atoms with Gasteiger partial charge in [0.2, 0.25) is 70.9 Å². The molecule has 103 heavy (non-hydrogen) atoms. The summed E-state index contributed by atoms with van der Waals surface area (Å²) >= 11 is 0. The van der Waals surface area contributed by atoms with Gasteiger partial charge in [0.05, 0.1) is 6.61 Å². The molecule has 3 aliphatic rings. The summed E-state index contributed by atoms with van der Waals surface area (Å²) in [5, 5.41) is 13.8. The van der Waals surface area contributed by atoms with Crippen molar-refractivity contribution in [3.8, 4) is 0 Å². The standard InChI is InChI=1S/C74H129N13O16/c1-25-27-28-47(13)63(103-52(18)88)62-68(94)77-54(26-2)70(96)80(19)51(17)65(91)79-60(48(14)40-102-41-58(89)87-33-31-86(32-34-87)53-29-35-101-36-30-53)67(93)78-59(45(9)10)73(99)81(20)55(37-42(3)4)66(92)75-49(15)64(90)76-50(16)69(95)82(21)56(38-43(5)6)71(97)83(22)57(39-44(7)8)72(98)84(23)61(46(11)12)74(100)85(62)24/h25,27,42-51,53-57,59-63H,26,28-41H2,1-24H3,(H,75,92)(H,76,90)(H,77,94)(H,78,93)(H,79,91)/b27-25+/t47-,48-,49+,50-,51-,54+,55+,56+,57+,59+,60+,61+,62+,63-/m1/s1. The molecule has 0 saturated carbocycles. The fraction of sp³-hybridized carbons (Fsp3) is 0.797. The lowest BCUT2D eigenvalue weighted by Crippen LogP contribution is -2.64. The normalized spacial score (nSPS) is 27.3. The molecule has 12 amide bonds. The first-order chi connectivity index (χ1) is 48.1. The second-order valence-electron chi connectivity index (χ2n) is 30.7. The Morgan fingerprint density at radius 2 is 1.02 bits per heavy atom. The van der Waals surface area contributed by atoms with Gasteiger partial charge in [-0.25, -0.2) is 0 Å². The van der Waals surface area contributed by atoms with E-state index in [1.807, 2.05) is 41.5 Å². The number of hydrogen-bond donors (Lipinski definition) is 5. The van der Waals surface area contributed by atoms with Crippen LogP contribution in [0.3, 0.4) is 0 Å². The molecule has 3 rings (SSSR count). The van der Waals surface area contributed by atoms with E-state index >= 15 is 24.0 Å². The van der Waals surface area contributed by atoms with E-state index in [4.69, 9.17) is 14.2 Å². The molecule has 586 valence electrons. The van der Waals surface area contributed by atoms with Crippen LogP contribution >= 0.6 is 0 Å². The summed E-state index contributed by atoms with van der Waals surface area (Å²) in [5.41, 5.74) is 0. The minimum Gasteiger partial charge on any atom is -0.459 e. The Morgan fingerprint density at radius 1 is 0.524 bits per heavy atom. The van der Waals surface area contributed by atoms with E-state index in [9.17, 15) is 38.4 Å². The molecule has 0 aromatic rings. The van der Waals surface area contributed by atoms with Crippen LogP contribution in [-0.2, 0) is 76.5 Å². The Balaban J connectivity index is 2.32. The average molecular weight is 1460 g/mol. The number of allylic oxidation sites excluding steroid dienone is 2. The Labute approximate surface area is 613 Å². The van der Waals surface area contributed by atoms with Gasteiger partial charge in [0.15, 0.2) is 0 Å². The fourth-order valence-corrected chi connectivity index (χ4v) is 13.6. The molecule has 0 aromatic heterocycles. The van der Waals surface area contributed by atoms with E-state index in [1.165, 1.54) is 82.7 Å². The molecule has 3 aliphatic heterocycles. The molecule has 0 radical (unpaired) electrons. The lowest BCUT2D eigenvalue weighted by atomic mass is 9.91. The van der Waals surface area contributed by atoms with Gasteiger partial charge in [0.1, 0.15) is 79.2 Å². The lowest BCUT2D eigenvalue weighted by Gasteiger charge is -2.42. The van der Waals surface area contributed by atoms with Crippen LogP contribution < -0.4 is 26.6 Å². The number of rotatable bonds is 20. The van der Waals surface area contributed by atoms with Gasteiger partial charge < -0.3 is 75.1 Å². The number of hydrogen-bond acceptors (Lipinski definition) is 17. The molecular formula is C74H129N13O16. The summed E-state index contributed by atoms with van der Waals surface area (Å²) in [5.74, 6) is -12.7. The van der Waals surface area contributed by atoms with Crippen molar-refractivity contribution in [1.29, 1.82) is 0 Å². The molecule has 3 heterocycles. The quantitative estimate of drug-likeness (QED) is 0.0864. The molecule has 5 N–H and O–H groups in total. The van der Waals surface area contributed by atoms with Crippen LogP contribution in [-0.4, -0.2) is 290 Å². The second kappa shape index (κ2) is 42.0. The number of esters is 1. The molecule has 0 aromatic carbocycles. The Kier molecular flexibility index (Phi) is 36.7. The van der Waals surface area contributed by atoms with Crippen molar-refractivity contribution in [3.05, 3.63) is 12.2 Å². The molecule has 0 spiro atoms. The van der Waals surface area contributed by atoms with E-state index in [0.717, 1.165) is 29.6 Å². The monoisotopic (exact) mass is 1460 g/mol. The van der Waals surface area contributed by atoms with Gasteiger partial charge in [-0.3, -0.25) is 67.2 Å². The summed E-state index contributed by atoms with van der Waals surface area (Å²) < 4.78 is 17.6. The highest BCUT2D eigenvalue weighted by Crippen LogP contribution is 2.27. The summed E-state index contributed by atoms with van der Waals surface area (Å²) in [4.78, 5) is 202. The van der Waals surface area contributed by atoms with Crippen molar-refractivity contribution >= 4 is 76.9 Å². The van der Waals surface area contributed by atoms with Gasteiger partial charge in [-0.05, 0) is 108 Å². The zero-order valence-electron chi connectivity index (χ0n) is 66.4. The minimum absolute atomic E-state index is 0.0626. The lowest BCUT2D eigenvalue weighted by molar-refractivity contribution is -0.164. The smallest absolute Gasteiger partial charge is 0.303 e. The van der Waals surface area contributed by atoms with Crippen LogP contribution in [0.2, 0.25) is 0 Å². The van der Waals surface area contributed by atoms with Crippen LogP contribution in [0.1, 0.15) is 170 Å². The van der Waals surface area contributed by atoms with Crippen LogP contribution in [0.15, 0.2) is 12.2 Å². The van der Waals surface area contributed by atoms with Gasteiger partial charge in [-0.1, -0.05) is 102 Å². The SMILES string of the molecule is C/C=C/C[C@@H](C)[C@@H](OC(C)=O)[C@H]1C(=O)N[C@@H](CC)C(=O)N(C)[C@H](C)C(=O)N[C@@H]([C@H](C)COCC(=O)N2CCN(C3CCOCC3)CC2)C(=O)N[C@@H](C(C)C)C(=O)N(C)[C@@H](CC(C)C)C(=O)N[C@@H](C)C(=O)N[C@H](C)C(=O)N(C)[C@@H](CC(C)C)C(=O)N(C)[C@@H](CC(C)C)C(=O)N(C)[C@@H](C(C)C)C(=O)N1C. The summed E-state index contributed by atoms with van der Waals surface area (Å²) in [6.07, 6.45) is 4.59. The number of nitrogens with zero attached hydrogens (tertiary/aromatic N) is 8. The molecule has 29 heteroatoms. The molecule has 0 aliphatic carbocycles. The maximum absolute atomic E-state index is 15.6. The van der Waals surface area contributed by atoms with E-state index in [1.54, 1.807) is 72.4 Å². The molecule has 3 fully saturated rings. The largest absolute Gasteiger partial charge is 0.459 e. The van der Waals surface area contributed by atoms with Crippen molar-refractivity contribution < 1.29 is 76.5 Å². The first-order valence-electron chi connectivity index (χ1n) is 37.1. The van der Waals surface area contributed by atoms with Crippen LogP contribution in [0, 0.1) is 41.4 Å². The summed E-state index contributed by atoms with van der Waals surface area (Å²) in [6.45, 7) is 33.2. The molecule has 0 bridgehead atoms. The number of ether oxygens (including phenoxy) is 3. The van der Waals surface area contributed by atoms with E-state index in [0.29, 0.717) is 45.4 Å². The number of amides is 12. The number of carbonyl (C=O) groups excluding carboxylic acids is 13. The van der Waals surface area contributed by atoms with Crippen molar-refractivity contribution in [3.63, 3.8) is 0 Å². The third kappa shape index (κ3) is 25.5. The first-order valence-corrected chi connectivity index (χ1v) is 37.1. The molecular weight excluding hydrogens is 1330 g/mol. The highest BCUT2D eigenvalue weighted by Gasteiger charge is 2.47. The minimum atomic E-state index is -1.66. The first kappa shape index (κ1) is 89.9. The van der Waals surface area contributed by atoms with Crippen molar-refractivity contribution in [2.45, 2.75) is 248 Å². The van der Waals surface area contributed by atoms with Crippen LogP contribution in [0.4, 0.5) is 0 Å². The Morgan fingerprint density at radius 3 is 1.52 bits per heavy atom. The van der Waals surface area contributed by atoms with Crippen molar-refractivity contribution in [2.24, 2.45) is 41.4 Å².